The number of aliphatic hydroxyl groups excluding tert-OH is 1. The average Bonchev–Trinajstić information content (AvgIpc) is 2.15. The van der Waals surface area contributed by atoms with E-state index in [0.717, 1.165) is 29.8 Å². The first-order valence-corrected chi connectivity index (χ1v) is 5.41. The van der Waals surface area contributed by atoms with Gasteiger partial charge in [-0.05, 0) is 37.8 Å². The Morgan fingerprint density at radius 3 is 2.67 bits per heavy atom. The van der Waals surface area contributed by atoms with Crippen molar-refractivity contribution >= 4 is 11.4 Å². The average molecular weight is 206 g/mol. The second kappa shape index (κ2) is 3.74. The summed E-state index contributed by atoms with van der Waals surface area (Å²) in [5.41, 5.74) is 8.66. The van der Waals surface area contributed by atoms with E-state index in [1.807, 2.05) is 25.1 Å². The van der Waals surface area contributed by atoms with Crippen LogP contribution in [0.15, 0.2) is 18.2 Å². The molecule has 15 heavy (non-hydrogen) atoms. The van der Waals surface area contributed by atoms with Crippen LogP contribution in [0.3, 0.4) is 0 Å². The molecule has 0 saturated heterocycles. The quantitative estimate of drug-likeness (QED) is 0.662. The smallest absolute Gasteiger partial charge is 0.0661 e. The topological polar surface area (TPSA) is 58.3 Å². The van der Waals surface area contributed by atoms with Gasteiger partial charge < -0.3 is 16.2 Å². The Hall–Kier alpha value is -1.22. The molecule has 3 nitrogen and oxygen atoms in total. The molecule has 1 saturated carbocycles. The molecule has 1 aliphatic carbocycles. The van der Waals surface area contributed by atoms with Crippen molar-refractivity contribution < 1.29 is 5.11 Å². The molecule has 1 aromatic carbocycles. The van der Waals surface area contributed by atoms with Crippen molar-refractivity contribution in [3.8, 4) is 0 Å². The second-order valence-corrected chi connectivity index (χ2v) is 4.46. The number of anilines is 2. The fourth-order valence-electron chi connectivity index (χ4n) is 2.05. The third-order valence-corrected chi connectivity index (χ3v) is 3.31. The molecule has 1 fully saturated rings. The van der Waals surface area contributed by atoms with Crippen LogP contribution in [0.25, 0.3) is 0 Å². The minimum Gasteiger partial charge on any atom is -0.397 e. The maximum atomic E-state index is 9.38. The molecule has 0 atom stereocenters. The summed E-state index contributed by atoms with van der Waals surface area (Å²) in [7, 11) is 0. The van der Waals surface area contributed by atoms with Gasteiger partial charge in [0.25, 0.3) is 0 Å². The van der Waals surface area contributed by atoms with Gasteiger partial charge in [0.05, 0.1) is 23.5 Å². The lowest BCUT2D eigenvalue weighted by Gasteiger charge is -2.42. The van der Waals surface area contributed by atoms with E-state index in [2.05, 4.69) is 5.32 Å². The predicted octanol–water partition coefficient (Wildman–Crippen LogP) is 1.90. The molecule has 2 rings (SSSR count). The highest BCUT2D eigenvalue weighted by molar-refractivity contribution is 5.71. The third-order valence-electron chi connectivity index (χ3n) is 3.31. The number of nitrogens with two attached hydrogens (primary N) is 1. The van der Waals surface area contributed by atoms with Crippen molar-refractivity contribution in [3.63, 3.8) is 0 Å². The Morgan fingerprint density at radius 1 is 1.47 bits per heavy atom. The molecule has 0 amide bonds. The van der Waals surface area contributed by atoms with Crippen LogP contribution >= 0.6 is 0 Å². The number of rotatable bonds is 3. The summed E-state index contributed by atoms with van der Waals surface area (Å²) in [6, 6.07) is 5.86. The Bertz CT molecular complexity index is 333. The van der Waals surface area contributed by atoms with Gasteiger partial charge in [-0.2, -0.15) is 0 Å². The first kappa shape index (κ1) is 10.3. The summed E-state index contributed by atoms with van der Waals surface area (Å²) >= 11 is 0. The fraction of sp³-hybridized carbons (Fsp3) is 0.500. The molecule has 0 heterocycles. The van der Waals surface area contributed by atoms with Gasteiger partial charge in [0.15, 0.2) is 0 Å². The molecule has 4 N–H and O–H groups in total. The summed E-state index contributed by atoms with van der Waals surface area (Å²) in [6.07, 6.45) is 3.23. The molecule has 1 aromatic rings. The Balaban J connectivity index is 2.23. The van der Waals surface area contributed by atoms with Gasteiger partial charge in [0.2, 0.25) is 0 Å². The van der Waals surface area contributed by atoms with Crippen molar-refractivity contribution in [1.29, 1.82) is 0 Å². The summed E-state index contributed by atoms with van der Waals surface area (Å²) in [6.45, 7) is 2.21. The minimum absolute atomic E-state index is 0.125. The molecule has 0 bridgehead atoms. The number of hydrogen-bond acceptors (Lipinski definition) is 3. The zero-order valence-electron chi connectivity index (χ0n) is 9.09. The lowest BCUT2D eigenvalue weighted by molar-refractivity contribution is 0.144. The number of hydrogen-bond donors (Lipinski definition) is 3. The number of nitrogen functional groups attached to an aromatic ring is 1. The van der Waals surface area contributed by atoms with Gasteiger partial charge >= 0.3 is 0 Å². The number of para-hydroxylation sites is 1. The number of nitrogens with one attached hydrogen (secondary N) is 1. The van der Waals surface area contributed by atoms with E-state index in [0.29, 0.717) is 0 Å². The van der Waals surface area contributed by atoms with E-state index in [1.54, 1.807) is 0 Å². The lowest BCUT2D eigenvalue weighted by Crippen LogP contribution is -2.48. The molecule has 3 heteroatoms. The molecule has 1 aliphatic rings. The first-order chi connectivity index (χ1) is 7.17. The van der Waals surface area contributed by atoms with Crippen LogP contribution in [-0.4, -0.2) is 17.3 Å². The molecular formula is C12H18N2O. The molecular weight excluding hydrogens is 188 g/mol. The zero-order chi connectivity index (χ0) is 10.9. The summed E-state index contributed by atoms with van der Waals surface area (Å²) < 4.78 is 0. The van der Waals surface area contributed by atoms with Crippen LogP contribution in [-0.2, 0) is 0 Å². The first-order valence-electron chi connectivity index (χ1n) is 5.41. The normalized spacial score (nSPS) is 18.3. The standard InChI is InChI=1S/C12H18N2O/c1-9-4-2-5-10(13)11(9)14-12(8-15)6-3-7-12/h2,4-5,14-15H,3,6-8,13H2,1H3. The largest absolute Gasteiger partial charge is 0.397 e. The second-order valence-electron chi connectivity index (χ2n) is 4.46. The fourth-order valence-corrected chi connectivity index (χ4v) is 2.05. The predicted molar refractivity (Wildman–Crippen MR) is 62.9 cm³/mol. The van der Waals surface area contributed by atoms with Crippen LogP contribution < -0.4 is 11.1 Å². The highest BCUT2D eigenvalue weighted by Gasteiger charge is 2.36. The van der Waals surface area contributed by atoms with Crippen LogP contribution in [0, 0.1) is 6.92 Å². The monoisotopic (exact) mass is 206 g/mol. The summed E-state index contributed by atoms with van der Waals surface area (Å²) in [5, 5.41) is 12.8. The maximum absolute atomic E-state index is 9.38. The van der Waals surface area contributed by atoms with Crippen molar-refractivity contribution in [1.82, 2.24) is 0 Å². The number of aryl methyl sites for hydroxylation is 1. The zero-order valence-corrected chi connectivity index (χ0v) is 9.09. The van der Waals surface area contributed by atoms with Crippen molar-refractivity contribution in [2.24, 2.45) is 0 Å². The highest BCUT2D eigenvalue weighted by Crippen LogP contribution is 2.37. The van der Waals surface area contributed by atoms with E-state index in [-0.39, 0.29) is 12.1 Å². The third kappa shape index (κ3) is 1.79. The van der Waals surface area contributed by atoms with Gasteiger partial charge in [-0.15, -0.1) is 0 Å². The Kier molecular flexibility index (Phi) is 2.57. The lowest BCUT2D eigenvalue weighted by atomic mass is 9.77. The molecule has 0 unspecified atom stereocenters. The van der Waals surface area contributed by atoms with Crippen LogP contribution in [0.5, 0.6) is 0 Å². The maximum Gasteiger partial charge on any atom is 0.0661 e. The van der Waals surface area contributed by atoms with Crippen LogP contribution in [0.1, 0.15) is 24.8 Å². The molecule has 0 aromatic heterocycles. The number of aliphatic hydroxyl groups is 1. The van der Waals surface area contributed by atoms with E-state index < -0.39 is 0 Å². The Labute approximate surface area is 90.3 Å². The molecule has 0 spiro atoms. The molecule has 0 radical (unpaired) electrons. The van der Waals surface area contributed by atoms with Crippen molar-refractivity contribution in [2.45, 2.75) is 31.7 Å². The Morgan fingerprint density at radius 2 is 2.20 bits per heavy atom. The SMILES string of the molecule is Cc1cccc(N)c1NC1(CO)CCC1. The van der Waals surface area contributed by atoms with E-state index >= 15 is 0 Å². The van der Waals surface area contributed by atoms with Gasteiger partial charge in [-0.3, -0.25) is 0 Å². The van der Waals surface area contributed by atoms with Crippen molar-refractivity contribution in [2.75, 3.05) is 17.7 Å². The molecule has 82 valence electrons. The van der Waals surface area contributed by atoms with Gasteiger partial charge in [0.1, 0.15) is 0 Å². The minimum atomic E-state index is -0.125. The van der Waals surface area contributed by atoms with Crippen LogP contribution in [0.2, 0.25) is 0 Å². The van der Waals surface area contributed by atoms with Crippen molar-refractivity contribution in [3.05, 3.63) is 23.8 Å². The van der Waals surface area contributed by atoms with E-state index in [1.165, 1.54) is 6.42 Å². The summed E-state index contributed by atoms with van der Waals surface area (Å²) in [4.78, 5) is 0. The molecule has 0 aliphatic heterocycles. The van der Waals surface area contributed by atoms with E-state index in [4.69, 9.17) is 5.73 Å². The van der Waals surface area contributed by atoms with Gasteiger partial charge in [0, 0.05) is 0 Å². The summed E-state index contributed by atoms with van der Waals surface area (Å²) in [5.74, 6) is 0. The van der Waals surface area contributed by atoms with E-state index in [9.17, 15) is 5.11 Å². The van der Waals surface area contributed by atoms with Crippen LogP contribution in [0.4, 0.5) is 11.4 Å². The number of benzene rings is 1. The van der Waals surface area contributed by atoms with Gasteiger partial charge in [-0.25, -0.2) is 0 Å². The van der Waals surface area contributed by atoms with Gasteiger partial charge in [-0.1, -0.05) is 12.1 Å². The highest BCUT2D eigenvalue weighted by atomic mass is 16.3.